The molecule has 6 aromatic carbocycles. The van der Waals surface area contributed by atoms with Crippen molar-refractivity contribution < 1.29 is 0 Å². The minimum atomic E-state index is 0.623. The van der Waals surface area contributed by atoms with Crippen molar-refractivity contribution in [2.75, 3.05) is 0 Å². The van der Waals surface area contributed by atoms with Gasteiger partial charge in [-0.3, -0.25) is 0 Å². The second-order valence-corrected chi connectivity index (χ2v) is 13.1. The minimum absolute atomic E-state index is 0.623. The lowest BCUT2D eigenvalue weighted by atomic mass is 9.98. The summed E-state index contributed by atoms with van der Waals surface area (Å²) >= 11 is 1.86. The van der Waals surface area contributed by atoms with E-state index in [0.29, 0.717) is 5.56 Å². The average Bonchev–Trinajstić information content (AvgIpc) is 3.79. The maximum atomic E-state index is 10.1. The Labute approximate surface area is 282 Å². The van der Waals surface area contributed by atoms with E-state index in [1.54, 1.807) is 0 Å². The Morgan fingerprint density at radius 2 is 1.44 bits per heavy atom. The molecule has 3 nitrogen and oxygen atoms in total. The first-order valence-electron chi connectivity index (χ1n) is 16.1. The summed E-state index contributed by atoms with van der Waals surface area (Å²) in [5, 5.41) is 16.2. The lowest BCUT2D eigenvalue weighted by Gasteiger charge is -2.16. The third-order valence-electron chi connectivity index (χ3n) is 9.44. The van der Waals surface area contributed by atoms with Gasteiger partial charge in [-0.2, -0.15) is 5.26 Å². The molecule has 0 atom stereocenters. The summed E-state index contributed by atoms with van der Waals surface area (Å²) in [5.74, 6) is 0. The van der Waals surface area contributed by atoms with Crippen LogP contribution in [0.2, 0.25) is 0 Å². The molecule has 9 rings (SSSR count). The predicted molar refractivity (Wildman–Crippen MR) is 205 cm³/mol. The molecule has 0 fully saturated rings. The summed E-state index contributed by atoms with van der Waals surface area (Å²) in [6.45, 7) is 6.28. The molecule has 4 heteroatoms. The number of rotatable bonds is 5. The van der Waals surface area contributed by atoms with Crippen molar-refractivity contribution in [1.29, 1.82) is 5.26 Å². The summed E-state index contributed by atoms with van der Waals surface area (Å²) in [5.41, 5.74) is 10.4. The quantitative estimate of drug-likeness (QED) is 0.186. The van der Waals surface area contributed by atoms with Crippen LogP contribution in [0.4, 0.5) is 0 Å². The maximum absolute atomic E-state index is 10.1. The number of hydrogen-bond donors (Lipinski definition) is 0. The molecule has 0 unspecified atom stereocenters. The summed E-state index contributed by atoms with van der Waals surface area (Å²) in [7, 11) is 0. The summed E-state index contributed by atoms with van der Waals surface area (Å²) in [6, 6.07) is 47.5. The van der Waals surface area contributed by atoms with Crippen LogP contribution >= 0.6 is 11.3 Å². The van der Waals surface area contributed by atoms with Crippen LogP contribution in [0.5, 0.6) is 0 Å². The SMILES string of the molecule is C=Cc1c(/C=C\C)c2ccccc2n1-c1ccc(C#N)cc1-c1ccc2c(c1)c1c3sc4ccccc4c3ccc1n2-c1ccccc1. The highest BCUT2D eigenvalue weighted by Gasteiger charge is 2.21. The van der Waals surface area contributed by atoms with E-state index < -0.39 is 0 Å². The van der Waals surface area contributed by atoms with Crippen LogP contribution in [0.3, 0.4) is 0 Å². The van der Waals surface area contributed by atoms with Crippen molar-refractivity contribution in [2.24, 2.45) is 0 Å². The van der Waals surface area contributed by atoms with Gasteiger partial charge < -0.3 is 9.13 Å². The lowest BCUT2D eigenvalue weighted by molar-refractivity contribution is 1.11. The van der Waals surface area contributed by atoms with E-state index in [1.165, 1.54) is 36.5 Å². The Morgan fingerprint density at radius 3 is 2.25 bits per heavy atom. The maximum Gasteiger partial charge on any atom is 0.0991 e. The van der Waals surface area contributed by atoms with Gasteiger partial charge in [-0.15, -0.1) is 11.3 Å². The van der Waals surface area contributed by atoms with E-state index >= 15 is 0 Å². The zero-order chi connectivity index (χ0) is 32.4. The topological polar surface area (TPSA) is 33.6 Å². The monoisotopic (exact) mass is 631 g/mol. The molecule has 0 aliphatic heterocycles. The largest absolute Gasteiger partial charge is 0.309 e. The van der Waals surface area contributed by atoms with Crippen molar-refractivity contribution in [2.45, 2.75) is 6.92 Å². The molecular formula is C44H29N3S. The van der Waals surface area contributed by atoms with Crippen LogP contribution < -0.4 is 0 Å². The molecule has 0 saturated heterocycles. The molecule has 0 bridgehead atoms. The first-order chi connectivity index (χ1) is 23.7. The number of nitriles is 1. The molecule has 3 aromatic heterocycles. The van der Waals surface area contributed by atoms with Crippen molar-refractivity contribution in [3.05, 3.63) is 157 Å². The highest BCUT2D eigenvalue weighted by atomic mass is 32.1. The molecule has 0 radical (unpaired) electrons. The second kappa shape index (κ2) is 11.0. The predicted octanol–water partition coefficient (Wildman–Crippen LogP) is 12.3. The Hall–Kier alpha value is -6.15. The van der Waals surface area contributed by atoms with Gasteiger partial charge in [-0.25, -0.2) is 0 Å². The zero-order valence-corrected chi connectivity index (χ0v) is 27.1. The smallest absolute Gasteiger partial charge is 0.0991 e. The van der Waals surface area contributed by atoms with Gasteiger partial charge in [-0.1, -0.05) is 85.5 Å². The van der Waals surface area contributed by atoms with Crippen LogP contribution in [0.15, 0.2) is 140 Å². The summed E-state index contributed by atoms with van der Waals surface area (Å²) in [4.78, 5) is 0. The number of para-hydroxylation sites is 2. The molecule has 0 spiro atoms. The van der Waals surface area contributed by atoms with Crippen molar-refractivity contribution in [1.82, 2.24) is 9.13 Å². The van der Waals surface area contributed by atoms with Crippen molar-refractivity contribution in [3.63, 3.8) is 0 Å². The first kappa shape index (κ1) is 28.1. The van der Waals surface area contributed by atoms with Gasteiger partial charge in [0.25, 0.3) is 0 Å². The van der Waals surface area contributed by atoms with Gasteiger partial charge in [0, 0.05) is 53.1 Å². The molecule has 0 amide bonds. The summed E-state index contributed by atoms with van der Waals surface area (Å²) in [6.07, 6.45) is 6.16. The van der Waals surface area contributed by atoms with Crippen LogP contribution in [-0.2, 0) is 0 Å². The zero-order valence-electron chi connectivity index (χ0n) is 26.3. The Kier molecular flexibility index (Phi) is 6.43. The molecule has 3 heterocycles. The van der Waals surface area contributed by atoms with E-state index in [1.807, 2.05) is 36.5 Å². The molecular weight excluding hydrogens is 603 g/mol. The third-order valence-corrected chi connectivity index (χ3v) is 10.6. The minimum Gasteiger partial charge on any atom is -0.309 e. The van der Waals surface area contributed by atoms with Gasteiger partial charge in [-0.05, 0) is 79.2 Å². The number of nitrogens with zero attached hydrogens (tertiary/aromatic N) is 3. The standard InChI is InChI=1S/C44H29N3S/c1-3-12-31-32-15-8-10-17-38(32)47(37(31)4-2)39-22-19-28(27-45)25-35(39)29-20-23-40-36(26-29)43-41(46(40)30-13-6-5-7-14-30)24-21-34-33-16-9-11-18-42(33)48-44(34)43/h3-26H,2H2,1H3/b12-3-. The van der Waals surface area contributed by atoms with Gasteiger partial charge in [0.1, 0.15) is 0 Å². The molecule has 226 valence electrons. The highest BCUT2D eigenvalue weighted by Crippen LogP contribution is 2.45. The van der Waals surface area contributed by atoms with Crippen molar-refractivity contribution >= 4 is 76.4 Å². The number of thiophene rings is 1. The molecule has 0 saturated carbocycles. The van der Waals surface area contributed by atoms with Crippen LogP contribution in [0.25, 0.3) is 87.5 Å². The number of benzene rings is 6. The number of allylic oxidation sites excluding steroid dienone is 1. The number of fused-ring (bicyclic) bond motifs is 8. The van der Waals surface area contributed by atoms with Gasteiger partial charge >= 0.3 is 0 Å². The fraction of sp³-hybridized carbons (Fsp3) is 0.0227. The Morgan fingerprint density at radius 1 is 0.688 bits per heavy atom. The van der Waals surface area contributed by atoms with Crippen molar-refractivity contribution in [3.8, 4) is 28.6 Å². The Balaban J connectivity index is 1.40. The van der Waals surface area contributed by atoms with E-state index in [2.05, 4.69) is 149 Å². The van der Waals surface area contributed by atoms with E-state index in [0.717, 1.165) is 50.2 Å². The van der Waals surface area contributed by atoms with Gasteiger partial charge in [0.05, 0.1) is 39.6 Å². The normalized spacial score (nSPS) is 11.8. The number of aromatic nitrogens is 2. The van der Waals surface area contributed by atoms with E-state index in [9.17, 15) is 5.26 Å². The van der Waals surface area contributed by atoms with E-state index in [-0.39, 0.29) is 0 Å². The average molecular weight is 632 g/mol. The third kappa shape index (κ3) is 4.05. The summed E-state index contributed by atoms with van der Waals surface area (Å²) < 4.78 is 7.24. The first-order valence-corrected chi connectivity index (χ1v) is 16.9. The molecule has 9 aromatic rings. The molecule has 0 aliphatic carbocycles. The molecule has 48 heavy (non-hydrogen) atoms. The van der Waals surface area contributed by atoms with E-state index in [4.69, 9.17) is 0 Å². The van der Waals surface area contributed by atoms with Crippen LogP contribution in [-0.4, -0.2) is 9.13 Å². The highest BCUT2D eigenvalue weighted by molar-refractivity contribution is 7.26. The van der Waals surface area contributed by atoms with Gasteiger partial charge in [0.15, 0.2) is 0 Å². The van der Waals surface area contributed by atoms with Crippen LogP contribution in [0.1, 0.15) is 23.7 Å². The fourth-order valence-electron chi connectivity index (χ4n) is 7.43. The Bertz CT molecular complexity index is 2820. The number of hydrogen-bond acceptors (Lipinski definition) is 2. The molecule has 0 aliphatic rings. The molecule has 0 N–H and O–H groups in total. The lowest BCUT2D eigenvalue weighted by Crippen LogP contribution is -2.00. The second-order valence-electron chi connectivity index (χ2n) is 12.0. The van der Waals surface area contributed by atoms with Crippen LogP contribution in [0, 0.1) is 11.3 Å². The fourth-order valence-corrected chi connectivity index (χ4v) is 8.69. The van der Waals surface area contributed by atoms with Gasteiger partial charge in [0.2, 0.25) is 0 Å².